The summed E-state index contributed by atoms with van der Waals surface area (Å²) in [6, 6.07) is 0. The third kappa shape index (κ3) is 3.71. The lowest BCUT2D eigenvalue weighted by Gasteiger charge is -2.24. The Morgan fingerprint density at radius 3 is 2.83 bits per heavy atom. The number of piperidine rings is 1. The molecule has 1 atom stereocenters. The predicted molar refractivity (Wildman–Crippen MR) is 67.9 cm³/mol. The SMILES string of the molecule is C[C@@H](Sc1nnc(CN2CCCCC2)o1)C(N)=O. The van der Waals surface area contributed by atoms with Gasteiger partial charge in [-0.05, 0) is 32.9 Å². The summed E-state index contributed by atoms with van der Waals surface area (Å²) in [5.41, 5.74) is 5.18. The number of thioether (sulfide) groups is 1. The van der Waals surface area contributed by atoms with Crippen LogP contribution in [0.2, 0.25) is 0 Å². The molecule has 0 spiro atoms. The molecule has 1 amide bonds. The summed E-state index contributed by atoms with van der Waals surface area (Å²) in [5.74, 6) is 0.229. The van der Waals surface area contributed by atoms with Crippen molar-refractivity contribution in [3.63, 3.8) is 0 Å². The minimum atomic E-state index is -0.379. The molecule has 1 aromatic heterocycles. The van der Waals surface area contributed by atoms with Crippen LogP contribution in [0, 0.1) is 0 Å². The largest absolute Gasteiger partial charge is 0.415 e. The number of hydrogen-bond acceptors (Lipinski definition) is 6. The van der Waals surface area contributed by atoms with Gasteiger partial charge in [-0.15, -0.1) is 10.2 Å². The highest BCUT2D eigenvalue weighted by molar-refractivity contribution is 8.00. The maximum absolute atomic E-state index is 10.9. The van der Waals surface area contributed by atoms with Gasteiger partial charge < -0.3 is 10.2 Å². The highest BCUT2D eigenvalue weighted by Gasteiger charge is 2.17. The van der Waals surface area contributed by atoms with Crippen LogP contribution in [0.15, 0.2) is 9.64 Å². The summed E-state index contributed by atoms with van der Waals surface area (Å²) in [4.78, 5) is 13.2. The number of nitrogens with zero attached hydrogens (tertiary/aromatic N) is 3. The van der Waals surface area contributed by atoms with Crippen LogP contribution in [-0.4, -0.2) is 39.3 Å². The van der Waals surface area contributed by atoms with Gasteiger partial charge in [0.25, 0.3) is 5.22 Å². The maximum Gasteiger partial charge on any atom is 0.277 e. The van der Waals surface area contributed by atoms with Crippen molar-refractivity contribution < 1.29 is 9.21 Å². The molecule has 0 aliphatic carbocycles. The Morgan fingerprint density at radius 1 is 1.44 bits per heavy atom. The minimum absolute atomic E-state index is 0.353. The van der Waals surface area contributed by atoms with Crippen LogP contribution < -0.4 is 5.73 Å². The Balaban J connectivity index is 1.87. The number of aromatic nitrogens is 2. The van der Waals surface area contributed by atoms with Gasteiger partial charge >= 0.3 is 0 Å². The second-order valence-corrected chi connectivity index (χ2v) is 5.75. The molecule has 1 aliphatic heterocycles. The molecule has 0 aromatic carbocycles. The molecule has 0 unspecified atom stereocenters. The zero-order chi connectivity index (χ0) is 13.0. The fourth-order valence-corrected chi connectivity index (χ4v) is 2.52. The molecule has 0 bridgehead atoms. The van der Waals surface area contributed by atoms with Gasteiger partial charge in [-0.2, -0.15) is 0 Å². The van der Waals surface area contributed by atoms with Crippen molar-refractivity contribution >= 4 is 17.7 Å². The Bertz CT molecular complexity index is 404. The molecule has 2 rings (SSSR count). The van der Waals surface area contributed by atoms with E-state index < -0.39 is 0 Å². The normalized spacial score (nSPS) is 18.7. The van der Waals surface area contributed by atoms with Gasteiger partial charge in [0, 0.05) is 0 Å². The molecule has 2 N–H and O–H groups in total. The Hall–Kier alpha value is -1.08. The van der Waals surface area contributed by atoms with Crippen LogP contribution in [0.5, 0.6) is 0 Å². The van der Waals surface area contributed by atoms with E-state index in [1.165, 1.54) is 31.0 Å². The average Bonchev–Trinajstić information content (AvgIpc) is 2.77. The summed E-state index contributed by atoms with van der Waals surface area (Å²) < 4.78 is 5.50. The van der Waals surface area contributed by atoms with Gasteiger partial charge in [0.15, 0.2) is 0 Å². The molecule has 2 heterocycles. The molecule has 1 saturated heterocycles. The van der Waals surface area contributed by atoms with E-state index in [0.717, 1.165) is 13.1 Å². The van der Waals surface area contributed by atoms with Crippen molar-refractivity contribution in [2.24, 2.45) is 5.73 Å². The van der Waals surface area contributed by atoms with Gasteiger partial charge in [-0.1, -0.05) is 18.2 Å². The number of likely N-dealkylation sites (tertiary alicyclic amines) is 1. The van der Waals surface area contributed by atoms with Crippen LogP contribution in [0.25, 0.3) is 0 Å². The third-order valence-corrected chi connectivity index (χ3v) is 3.89. The van der Waals surface area contributed by atoms with Crippen molar-refractivity contribution in [2.75, 3.05) is 13.1 Å². The van der Waals surface area contributed by atoms with Gasteiger partial charge in [-0.3, -0.25) is 9.69 Å². The first kappa shape index (κ1) is 13.4. The number of rotatable bonds is 5. The quantitative estimate of drug-likeness (QED) is 0.804. The van der Waals surface area contributed by atoms with Crippen molar-refractivity contribution in [3.05, 3.63) is 5.89 Å². The first-order chi connectivity index (χ1) is 8.65. The second kappa shape index (κ2) is 6.19. The van der Waals surface area contributed by atoms with E-state index in [2.05, 4.69) is 15.1 Å². The Labute approximate surface area is 110 Å². The number of hydrogen-bond donors (Lipinski definition) is 1. The summed E-state index contributed by atoms with van der Waals surface area (Å²) in [6.45, 7) is 4.59. The minimum Gasteiger partial charge on any atom is -0.415 e. The number of primary amides is 1. The van der Waals surface area contributed by atoms with Crippen LogP contribution in [0.3, 0.4) is 0 Å². The Morgan fingerprint density at radius 2 is 2.17 bits per heavy atom. The molecule has 0 saturated carbocycles. The van der Waals surface area contributed by atoms with Crippen molar-refractivity contribution in [2.45, 2.75) is 43.2 Å². The fourth-order valence-electron chi connectivity index (χ4n) is 1.87. The summed E-state index contributed by atoms with van der Waals surface area (Å²) in [6.07, 6.45) is 3.76. The molecule has 1 aromatic rings. The van der Waals surface area contributed by atoms with Crippen molar-refractivity contribution in [1.82, 2.24) is 15.1 Å². The molecule has 1 aliphatic rings. The smallest absolute Gasteiger partial charge is 0.277 e. The highest BCUT2D eigenvalue weighted by atomic mass is 32.2. The predicted octanol–water partition coefficient (Wildman–Crippen LogP) is 1.02. The summed E-state index contributed by atoms with van der Waals surface area (Å²) in [5, 5.41) is 7.96. The average molecular weight is 270 g/mol. The summed E-state index contributed by atoms with van der Waals surface area (Å²) in [7, 11) is 0. The number of amides is 1. The molecule has 18 heavy (non-hydrogen) atoms. The van der Waals surface area contributed by atoms with E-state index in [1.54, 1.807) is 6.92 Å². The molecular formula is C11H18N4O2S. The Kier molecular flexibility index (Phi) is 4.60. The second-order valence-electron chi connectivity index (χ2n) is 4.46. The zero-order valence-corrected chi connectivity index (χ0v) is 11.3. The standard InChI is InChI=1S/C11H18N4O2S/c1-8(10(12)16)18-11-14-13-9(17-11)7-15-5-3-2-4-6-15/h8H,2-7H2,1H3,(H2,12,16)/t8-/m1/s1. The maximum atomic E-state index is 10.9. The third-order valence-electron chi connectivity index (χ3n) is 2.93. The van der Waals surface area contributed by atoms with Crippen molar-refractivity contribution in [3.8, 4) is 0 Å². The number of carbonyl (C=O) groups excluding carboxylic acids is 1. The van der Waals surface area contributed by atoms with Gasteiger partial charge in [0.05, 0.1) is 11.8 Å². The van der Waals surface area contributed by atoms with Crippen molar-refractivity contribution in [1.29, 1.82) is 0 Å². The van der Waals surface area contributed by atoms with Crippen LogP contribution in [0.4, 0.5) is 0 Å². The van der Waals surface area contributed by atoms with E-state index in [-0.39, 0.29) is 11.2 Å². The first-order valence-corrected chi connectivity index (χ1v) is 7.04. The number of nitrogens with two attached hydrogens (primary N) is 1. The van der Waals surface area contributed by atoms with Crippen LogP contribution >= 0.6 is 11.8 Å². The molecule has 100 valence electrons. The van der Waals surface area contributed by atoms with E-state index in [0.29, 0.717) is 17.7 Å². The van der Waals surface area contributed by atoms with E-state index in [1.807, 2.05) is 0 Å². The molecule has 6 nitrogen and oxygen atoms in total. The lowest BCUT2D eigenvalue weighted by molar-refractivity contribution is -0.117. The fraction of sp³-hybridized carbons (Fsp3) is 0.727. The molecule has 0 radical (unpaired) electrons. The van der Waals surface area contributed by atoms with Crippen LogP contribution in [0.1, 0.15) is 32.1 Å². The van der Waals surface area contributed by atoms with E-state index >= 15 is 0 Å². The molecule has 7 heteroatoms. The zero-order valence-electron chi connectivity index (χ0n) is 10.5. The van der Waals surface area contributed by atoms with Gasteiger partial charge in [0.1, 0.15) is 0 Å². The summed E-state index contributed by atoms with van der Waals surface area (Å²) >= 11 is 1.20. The monoisotopic (exact) mass is 270 g/mol. The number of carbonyl (C=O) groups is 1. The lowest BCUT2D eigenvalue weighted by atomic mass is 10.1. The van der Waals surface area contributed by atoms with Gasteiger partial charge in [-0.25, -0.2) is 0 Å². The van der Waals surface area contributed by atoms with Gasteiger partial charge in [0.2, 0.25) is 11.8 Å². The topological polar surface area (TPSA) is 85.2 Å². The van der Waals surface area contributed by atoms with Crippen LogP contribution in [-0.2, 0) is 11.3 Å². The van der Waals surface area contributed by atoms with E-state index in [4.69, 9.17) is 10.2 Å². The molecule has 1 fully saturated rings. The lowest BCUT2D eigenvalue weighted by Crippen LogP contribution is -2.29. The first-order valence-electron chi connectivity index (χ1n) is 6.16. The van der Waals surface area contributed by atoms with E-state index in [9.17, 15) is 4.79 Å². The highest BCUT2D eigenvalue weighted by Crippen LogP contribution is 2.22. The molecular weight excluding hydrogens is 252 g/mol.